The highest BCUT2D eigenvalue weighted by Crippen LogP contribution is 2.30. The molecule has 5 heteroatoms. The third kappa shape index (κ3) is 3.00. The summed E-state index contributed by atoms with van der Waals surface area (Å²) in [7, 11) is 0. The molecule has 0 fully saturated rings. The number of carbonyl (C=O) groups excluding carboxylic acids is 1. The number of amides is 1. The highest BCUT2D eigenvalue weighted by Gasteiger charge is 2.10. The summed E-state index contributed by atoms with van der Waals surface area (Å²) in [4.78, 5) is 12.3. The first kappa shape index (κ1) is 13.3. The molecule has 2 aromatic carbocycles. The quantitative estimate of drug-likeness (QED) is 0.663. The van der Waals surface area contributed by atoms with E-state index < -0.39 is 5.91 Å². The van der Waals surface area contributed by atoms with Crippen LogP contribution in [-0.4, -0.2) is 12.2 Å². The summed E-state index contributed by atoms with van der Waals surface area (Å²) in [6.45, 7) is 0. The lowest BCUT2D eigenvalue weighted by Gasteiger charge is -2.10. The van der Waals surface area contributed by atoms with Gasteiger partial charge in [-0.3, -0.25) is 4.79 Å². The van der Waals surface area contributed by atoms with Crippen LogP contribution in [0, 0.1) is 0 Å². The molecular formula is C14H14N2O2S. The lowest BCUT2D eigenvalue weighted by molar-refractivity contribution is 0.100. The molecule has 2 rings (SSSR count). The largest absolute Gasteiger partial charge is 0.455 e. The molecule has 0 atom stereocenters. The average molecular weight is 274 g/mol. The van der Waals surface area contributed by atoms with Gasteiger partial charge in [0.05, 0.1) is 11.3 Å². The Morgan fingerprint density at radius 3 is 2.42 bits per heavy atom. The van der Waals surface area contributed by atoms with E-state index in [1.54, 1.807) is 30.0 Å². The third-order valence-corrected chi connectivity index (χ3v) is 3.36. The number of ether oxygens (including phenoxy) is 1. The second-order valence-electron chi connectivity index (χ2n) is 3.86. The average Bonchev–Trinajstić information content (AvgIpc) is 2.41. The van der Waals surface area contributed by atoms with E-state index in [1.165, 1.54) is 0 Å². The minimum atomic E-state index is -0.569. The van der Waals surface area contributed by atoms with Crippen LogP contribution in [0.1, 0.15) is 10.4 Å². The zero-order valence-corrected chi connectivity index (χ0v) is 11.2. The fraction of sp³-hybridized carbons (Fsp3) is 0.0714. The number of primary amides is 1. The highest BCUT2D eigenvalue weighted by molar-refractivity contribution is 7.98. The highest BCUT2D eigenvalue weighted by atomic mass is 32.2. The molecule has 2 aromatic rings. The molecule has 0 saturated carbocycles. The topological polar surface area (TPSA) is 78.3 Å². The van der Waals surface area contributed by atoms with E-state index >= 15 is 0 Å². The van der Waals surface area contributed by atoms with Gasteiger partial charge in [-0.25, -0.2) is 0 Å². The summed E-state index contributed by atoms with van der Waals surface area (Å²) in [6, 6.07) is 12.6. The van der Waals surface area contributed by atoms with E-state index in [1.807, 2.05) is 30.5 Å². The van der Waals surface area contributed by atoms with E-state index in [0.29, 0.717) is 11.5 Å². The Balaban J connectivity index is 2.27. The number of nitrogen functional groups attached to an aromatic ring is 1. The lowest BCUT2D eigenvalue weighted by Crippen LogP contribution is -2.13. The molecule has 98 valence electrons. The fourth-order valence-electron chi connectivity index (χ4n) is 1.62. The lowest BCUT2D eigenvalue weighted by atomic mass is 10.1. The van der Waals surface area contributed by atoms with Gasteiger partial charge in [0.15, 0.2) is 5.75 Å². The first-order valence-electron chi connectivity index (χ1n) is 5.62. The van der Waals surface area contributed by atoms with Crippen LogP contribution >= 0.6 is 11.8 Å². The Bertz CT molecular complexity index is 597. The maximum atomic E-state index is 11.2. The number of benzene rings is 2. The molecular weight excluding hydrogens is 260 g/mol. The number of anilines is 1. The predicted octanol–water partition coefficient (Wildman–Crippen LogP) is 2.88. The van der Waals surface area contributed by atoms with Gasteiger partial charge in [0.1, 0.15) is 5.75 Å². The molecule has 0 unspecified atom stereocenters. The van der Waals surface area contributed by atoms with Crippen molar-refractivity contribution >= 4 is 23.4 Å². The van der Waals surface area contributed by atoms with Crippen molar-refractivity contribution in [3.05, 3.63) is 48.0 Å². The second kappa shape index (κ2) is 5.67. The Morgan fingerprint density at radius 2 is 1.84 bits per heavy atom. The zero-order valence-electron chi connectivity index (χ0n) is 10.4. The number of hydrogen-bond acceptors (Lipinski definition) is 4. The van der Waals surface area contributed by atoms with Gasteiger partial charge in [0.25, 0.3) is 5.91 Å². The normalized spacial score (nSPS) is 10.2. The summed E-state index contributed by atoms with van der Waals surface area (Å²) in [6.07, 6.45) is 2.00. The minimum absolute atomic E-state index is 0.254. The summed E-state index contributed by atoms with van der Waals surface area (Å²) < 4.78 is 5.66. The van der Waals surface area contributed by atoms with Crippen LogP contribution in [0.3, 0.4) is 0 Å². The Morgan fingerprint density at radius 1 is 1.16 bits per heavy atom. The summed E-state index contributed by atoms with van der Waals surface area (Å²) >= 11 is 1.65. The molecule has 0 saturated heterocycles. The number of para-hydroxylation sites is 1. The van der Waals surface area contributed by atoms with Gasteiger partial charge >= 0.3 is 0 Å². The Hall–Kier alpha value is -2.14. The molecule has 0 aliphatic carbocycles. The van der Waals surface area contributed by atoms with E-state index in [2.05, 4.69) is 0 Å². The van der Waals surface area contributed by atoms with Crippen LogP contribution in [0.15, 0.2) is 47.4 Å². The van der Waals surface area contributed by atoms with Crippen molar-refractivity contribution in [2.45, 2.75) is 4.90 Å². The monoisotopic (exact) mass is 274 g/mol. The second-order valence-corrected chi connectivity index (χ2v) is 4.74. The maximum absolute atomic E-state index is 11.2. The van der Waals surface area contributed by atoms with Gasteiger partial charge in [-0.05, 0) is 42.7 Å². The van der Waals surface area contributed by atoms with Gasteiger partial charge in [-0.15, -0.1) is 11.8 Å². The molecule has 0 aliphatic heterocycles. The van der Waals surface area contributed by atoms with Gasteiger partial charge in [-0.1, -0.05) is 6.07 Å². The van der Waals surface area contributed by atoms with Crippen molar-refractivity contribution in [2.24, 2.45) is 5.73 Å². The Labute approximate surface area is 115 Å². The number of nitrogens with two attached hydrogens (primary N) is 2. The van der Waals surface area contributed by atoms with Gasteiger partial charge in [0, 0.05) is 4.90 Å². The number of hydrogen-bond donors (Lipinski definition) is 2. The maximum Gasteiger partial charge on any atom is 0.250 e. The van der Waals surface area contributed by atoms with Gasteiger partial charge < -0.3 is 16.2 Å². The van der Waals surface area contributed by atoms with E-state index in [0.717, 1.165) is 4.90 Å². The number of thioether (sulfide) groups is 1. The van der Waals surface area contributed by atoms with Gasteiger partial charge in [-0.2, -0.15) is 0 Å². The molecule has 1 amide bonds. The molecule has 0 bridgehead atoms. The summed E-state index contributed by atoms with van der Waals surface area (Å²) in [5.74, 6) is 0.514. The van der Waals surface area contributed by atoms with Crippen LogP contribution < -0.4 is 16.2 Å². The molecule has 0 aliphatic rings. The first-order chi connectivity index (χ1) is 9.11. The van der Waals surface area contributed by atoms with Crippen LogP contribution in [-0.2, 0) is 0 Å². The van der Waals surface area contributed by atoms with Crippen LogP contribution in [0.4, 0.5) is 5.69 Å². The smallest absolute Gasteiger partial charge is 0.250 e. The SMILES string of the molecule is CSc1ccc(Oc2cccc(C(N)=O)c2N)cc1. The minimum Gasteiger partial charge on any atom is -0.455 e. The van der Waals surface area contributed by atoms with Gasteiger partial charge in [0.2, 0.25) is 0 Å². The van der Waals surface area contributed by atoms with Crippen molar-refractivity contribution in [3.8, 4) is 11.5 Å². The Kier molecular flexibility index (Phi) is 3.97. The number of rotatable bonds is 4. The summed E-state index contributed by atoms with van der Waals surface area (Å²) in [5, 5.41) is 0. The molecule has 0 spiro atoms. The molecule has 19 heavy (non-hydrogen) atoms. The van der Waals surface area contributed by atoms with Crippen molar-refractivity contribution in [2.75, 3.05) is 12.0 Å². The van der Waals surface area contributed by atoms with Crippen molar-refractivity contribution in [1.29, 1.82) is 0 Å². The van der Waals surface area contributed by atoms with Crippen LogP contribution in [0.25, 0.3) is 0 Å². The molecule has 4 N–H and O–H groups in total. The van der Waals surface area contributed by atoms with Crippen molar-refractivity contribution in [3.63, 3.8) is 0 Å². The summed E-state index contributed by atoms with van der Waals surface area (Å²) in [5.41, 5.74) is 11.6. The molecule has 0 heterocycles. The third-order valence-electron chi connectivity index (χ3n) is 2.62. The fourth-order valence-corrected chi connectivity index (χ4v) is 2.03. The zero-order chi connectivity index (χ0) is 13.8. The van der Waals surface area contributed by atoms with Crippen LogP contribution in [0.2, 0.25) is 0 Å². The molecule has 0 radical (unpaired) electrons. The van der Waals surface area contributed by atoms with E-state index in [4.69, 9.17) is 16.2 Å². The van der Waals surface area contributed by atoms with E-state index in [9.17, 15) is 4.79 Å². The van der Waals surface area contributed by atoms with Crippen molar-refractivity contribution < 1.29 is 9.53 Å². The number of carbonyl (C=O) groups is 1. The molecule has 0 aromatic heterocycles. The van der Waals surface area contributed by atoms with Crippen LogP contribution in [0.5, 0.6) is 11.5 Å². The first-order valence-corrected chi connectivity index (χ1v) is 6.84. The standard InChI is InChI=1S/C14H14N2O2S/c1-19-10-7-5-9(6-8-10)18-12-4-2-3-11(13(12)15)14(16)17/h2-8H,15H2,1H3,(H2,16,17). The van der Waals surface area contributed by atoms with Crippen molar-refractivity contribution in [1.82, 2.24) is 0 Å². The molecule has 4 nitrogen and oxygen atoms in total. The predicted molar refractivity (Wildman–Crippen MR) is 77.7 cm³/mol. The van der Waals surface area contributed by atoms with E-state index in [-0.39, 0.29) is 11.3 Å².